The van der Waals surface area contributed by atoms with Gasteiger partial charge < -0.3 is 15.2 Å². The highest BCUT2D eigenvalue weighted by atomic mass is 16.5. The van der Waals surface area contributed by atoms with Crippen molar-refractivity contribution in [3.05, 3.63) is 0 Å². The summed E-state index contributed by atoms with van der Waals surface area (Å²) in [6.07, 6.45) is 2.40. The number of ether oxygens (including phenoxy) is 1. The highest BCUT2D eigenvalue weighted by Gasteiger charge is 2.49. The Labute approximate surface area is 94.2 Å². The van der Waals surface area contributed by atoms with Crippen LogP contribution in [0.3, 0.4) is 0 Å². The number of hydrogen-bond acceptors (Lipinski definition) is 3. The quantitative estimate of drug-likeness (QED) is 0.721. The van der Waals surface area contributed by atoms with E-state index in [-0.39, 0.29) is 24.5 Å². The zero-order chi connectivity index (χ0) is 11.7. The van der Waals surface area contributed by atoms with Gasteiger partial charge in [-0.05, 0) is 31.1 Å². The number of carbonyl (C=O) groups excluding carboxylic acids is 1. The van der Waals surface area contributed by atoms with Crippen molar-refractivity contribution >= 4 is 11.9 Å². The van der Waals surface area contributed by atoms with Gasteiger partial charge >= 0.3 is 5.97 Å². The van der Waals surface area contributed by atoms with Gasteiger partial charge in [-0.3, -0.25) is 9.59 Å². The summed E-state index contributed by atoms with van der Waals surface area (Å²) < 4.78 is 4.74. The molecule has 4 atom stereocenters. The Bertz CT molecular complexity index is 304. The van der Waals surface area contributed by atoms with Crippen LogP contribution in [0.4, 0.5) is 0 Å². The molecule has 90 valence electrons. The molecule has 5 nitrogen and oxygen atoms in total. The fourth-order valence-corrected chi connectivity index (χ4v) is 2.97. The van der Waals surface area contributed by atoms with E-state index in [9.17, 15) is 9.59 Å². The molecular weight excluding hydrogens is 210 g/mol. The Balaban J connectivity index is 1.81. The number of fused-ring (bicyclic) bond motifs is 1. The van der Waals surface area contributed by atoms with E-state index in [1.165, 1.54) is 7.11 Å². The summed E-state index contributed by atoms with van der Waals surface area (Å²) in [6, 6.07) is 0.164. The maximum Gasteiger partial charge on any atom is 0.306 e. The van der Waals surface area contributed by atoms with E-state index in [1.54, 1.807) is 0 Å². The molecule has 0 aromatic carbocycles. The lowest BCUT2D eigenvalue weighted by molar-refractivity contribution is -0.141. The fourth-order valence-electron chi connectivity index (χ4n) is 2.97. The van der Waals surface area contributed by atoms with Gasteiger partial charge in [0.25, 0.3) is 0 Å². The van der Waals surface area contributed by atoms with Crippen LogP contribution in [-0.4, -0.2) is 36.7 Å². The summed E-state index contributed by atoms with van der Waals surface area (Å²) in [5.74, 6) is -0.156. The number of amides is 1. The number of rotatable bonds is 4. The molecule has 0 heterocycles. The first-order valence-corrected chi connectivity index (χ1v) is 5.63. The number of methoxy groups -OCH3 is 1. The van der Waals surface area contributed by atoms with E-state index >= 15 is 0 Å². The van der Waals surface area contributed by atoms with Crippen molar-refractivity contribution in [2.45, 2.75) is 25.3 Å². The molecule has 16 heavy (non-hydrogen) atoms. The van der Waals surface area contributed by atoms with Crippen LogP contribution in [0.15, 0.2) is 0 Å². The maximum atomic E-state index is 11.3. The fraction of sp³-hybridized carbons (Fsp3) is 0.818. The van der Waals surface area contributed by atoms with Gasteiger partial charge in [0, 0.05) is 13.2 Å². The molecule has 2 rings (SSSR count). The van der Waals surface area contributed by atoms with Gasteiger partial charge in [-0.25, -0.2) is 0 Å². The minimum atomic E-state index is -0.698. The molecule has 2 saturated carbocycles. The Morgan fingerprint density at radius 3 is 2.75 bits per heavy atom. The summed E-state index contributed by atoms with van der Waals surface area (Å²) >= 11 is 0. The first-order chi connectivity index (χ1) is 7.61. The molecule has 1 unspecified atom stereocenters. The molecule has 0 aliphatic heterocycles. The zero-order valence-corrected chi connectivity index (χ0v) is 9.31. The van der Waals surface area contributed by atoms with Crippen molar-refractivity contribution in [1.29, 1.82) is 0 Å². The highest BCUT2D eigenvalue weighted by Crippen LogP contribution is 2.49. The maximum absolute atomic E-state index is 11.3. The van der Waals surface area contributed by atoms with Crippen LogP contribution in [-0.2, 0) is 14.3 Å². The van der Waals surface area contributed by atoms with E-state index < -0.39 is 5.97 Å². The molecule has 0 spiro atoms. The van der Waals surface area contributed by atoms with Gasteiger partial charge in [0.1, 0.15) is 6.61 Å². The Kier molecular flexibility index (Phi) is 3.14. The van der Waals surface area contributed by atoms with E-state index in [0.29, 0.717) is 18.3 Å². The van der Waals surface area contributed by atoms with Crippen molar-refractivity contribution < 1.29 is 19.4 Å². The Morgan fingerprint density at radius 2 is 2.12 bits per heavy atom. The Hall–Kier alpha value is -1.10. The monoisotopic (exact) mass is 227 g/mol. The van der Waals surface area contributed by atoms with Crippen molar-refractivity contribution in [3.8, 4) is 0 Å². The van der Waals surface area contributed by atoms with Crippen LogP contribution in [0.25, 0.3) is 0 Å². The molecule has 0 aromatic rings. The predicted molar refractivity (Wildman–Crippen MR) is 55.8 cm³/mol. The van der Waals surface area contributed by atoms with Gasteiger partial charge in [0.2, 0.25) is 5.91 Å². The number of hydrogen-bond donors (Lipinski definition) is 2. The van der Waals surface area contributed by atoms with Crippen LogP contribution in [0, 0.1) is 17.8 Å². The summed E-state index contributed by atoms with van der Waals surface area (Å²) in [7, 11) is 1.49. The Morgan fingerprint density at radius 1 is 1.38 bits per heavy atom. The van der Waals surface area contributed by atoms with E-state index in [4.69, 9.17) is 9.84 Å². The summed E-state index contributed by atoms with van der Waals surface area (Å²) in [4.78, 5) is 22.1. The van der Waals surface area contributed by atoms with Gasteiger partial charge in [-0.2, -0.15) is 0 Å². The first-order valence-electron chi connectivity index (χ1n) is 5.63. The lowest BCUT2D eigenvalue weighted by Gasteiger charge is -2.40. The lowest BCUT2D eigenvalue weighted by atomic mass is 9.71. The average Bonchev–Trinajstić information content (AvgIpc) is 2.53. The molecule has 2 fully saturated rings. The summed E-state index contributed by atoms with van der Waals surface area (Å²) in [6.45, 7) is 0.0796. The molecule has 0 saturated heterocycles. The number of carboxylic acid groups (broad SMARTS) is 1. The smallest absolute Gasteiger partial charge is 0.306 e. The summed E-state index contributed by atoms with van der Waals surface area (Å²) in [5.41, 5.74) is 0. The van der Waals surface area contributed by atoms with E-state index in [1.807, 2.05) is 0 Å². The number of carboxylic acids is 1. The third-order valence-electron chi connectivity index (χ3n) is 3.79. The van der Waals surface area contributed by atoms with Gasteiger partial charge in [-0.1, -0.05) is 0 Å². The lowest BCUT2D eigenvalue weighted by Crippen LogP contribution is -2.51. The van der Waals surface area contributed by atoms with Crippen molar-refractivity contribution in [3.63, 3.8) is 0 Å². The second-order valence-corrected chi connectivity index (χ2v) is 4.77. The predicted octanol–water partition coefficient (Wildman–Crippen LogP) is 0.248. The van der Waals surface area contributed by atoms with Gasteiger partial charge in [0.15, 0.2) is 0 Å². The molecule has 0 radical (unpaired) electrons. The van der Waals surface area contributed by atoms with Crippen molar-refractivity contribution in [2.24, 2.45) is 17.8 Å². The van der Waals surface area contributed by atoms with Crippen LogP contribution < -0.4 is 5.32 Å². The molecule has 2 aliphatic carbocycles. The summed E-state index contributed by atoms with van der Waals surface area (Å²) in [5, 5.41) is 11.8. The van der Waals surface area contributed by atoms with Gasteiger partial charge in [-0.15, -0.1) is 0 Å². The normalized spacial score (nSPS) is 36.3. The molecule has 2 N–H and O–H groups in total. The SMILES string of the molecule is COCC(=O)N[C@@H]1C[C@@H]2CC(C(=O)O)C[C@@H]21. The van der Waals surface area contributed by atoms with Gasteiger partial charge in [0.05, 0.1) is 5.92 Å². The van der Waals surface area contributed by atoms with Crippen LogP contribution in [0.2, 0.25) is 0 Å². The number of aliphatic carboxylic acids is 1. The first kappa shape index (κ1) is 11.4. The minimum absolute atomic E-state index is 0.0796. The second-order valence-electron chi connectivity index (χ2n) is 4.77. The standard InChI is InChI=1S/C11H17NO4/c1-16-5-10(13)12-9-4-6-2-7(11(14)15)3-8(6)9/h6-9H,2-5H2,1H3,(H,12,13)(H,14,15)/t6-,7?,8-,9+/m0/s1. The molecule has 0 aromatic heterocycles. The van der Waals surface area contributed by atoms with Crippen LogP contribution in [0.5, 0.6) is 0 Å². The molecule has 2 aliphatic rings. The van der Waals surface area contributed by atoms with E-state index in [0.717, 1.165) is 12.8 Å². The van der Waals surface area contributed by atoms with Crippen molar-refractivity contribution in [1.82, 2.24) is 5.32 Å². The number of nitrogens with one attached hydrogen (secondary N) is 1. The van der Waals surface area contributed by atoms with Crippen LogP contribution >= 0.6 is 0 Å². The van der Waals surface area contributed by atoms with E-state index in [2.05, 4.69) is 5.32 Å². The number of carbonyl (C=O) groups is 2. The molecule has 5 heteroatoms. The largest absolute Gasteiger partial charge is 0.481 e. The second kappa shape index (κ2) is 4.41. The topological polar surface area (TPSA) is 75.6 Å². The minimum Gasteiger partial charge on any atom is -0.481 e. The van der Waals surface area contributed by atoms with Crippen molar-refractivity contribution in [2.75, 3.05) is 13.7 Å². The third-order valence-corrected chi connectivity index (χ3v) is 3.79. The molecule has 0 bridgehead atoms. The zero-order valence-electron chi connectivity index (χ0n) is 9.31. The molecule has 1 amide bonds. The van der Waals surface area contributed by atoms with Crippen LogP contribution in [0.1, 0.15) is 19.3 Å². The molecular formula is C11H17NO4. The third kappa shape index (κ3) is 2.04. The average molecular weight is 227 g/mol. The highest BCUT2D eigenvalue weighted by molar-refractivity contribution is 5.77.